The first-order chi connectivity index (χ1) is 9.65. The Balaban J connectivity index is 1.95. The zero-order chi connectivity index (χ0) is 14.1. The third-order valence-electron chi connectivity index (χ3n) is 3.54. The van der Waals surface area contributed by atoms with Crippen molar-refractivity contribution in [1.29, 1.82) is 0 Å². The van der Waals surface area contributed by atoms with Gasteiger partial charge in [-0.05, 0) is 36.2 Å². The molecule has 1 aromatic heterocycles. The molecule has 0 bridgehead atoms. The monoisotopic (exact) mass is 265 g/mol. The maximum atomic E-state index is 10.8. The van der Waals surface area contributed by atoms with E-state index in [1.54, 1.807) is 12.1 Å². The zero-order valence-corrected chi connectivity index (χ0v) is 11.2. The van der Waals surface area contributed by atoms with Crippen LogP contribution in [0.1, 0.15) is 21.5 Å². The first kappa shape index (κ1) is 12.5. The van der Waals surface area contributed by atoms with Crippen molar-refractivity contribution in [3.63, 3.8) is 0 Å². The lowest BCUT2D eigenvalue weighted by Crippen LogP contribution is -2.00. The van der Waals surface area contributed by atoms with E-state index in [1.165, 1.54) is 16.5 Å². The second-order valence-corrected chi connectivity index (χ2v) is 4.96. The van der Waals surface area contributed by atoms with E-state index in [1.807, 2.05) is 24.3 Å². The average molecular weight is 265 g/mol. The van der Waals surface area contributed by atoms with Gasteiger partial charge in [-0.3, -0.25) is 0 Å². The highest BCUT2D eigenvalue weighted by molar-refractivity contribution is 5.87. The summed E-state index contributed by atoms with van der Waals surface area (Å²) in [6.45, 7) is 2.85. The Morgan fingerprint density at radius 3 is 2.50 bits per heavy atom. The van der Waals surface area contributed by atoms with Crippen LogP contribution in [0.15, 0.2) is 54.7 Å². The third kappa shape index (κ3) is 2.18. The smallest absolute Gasteiger partial charge is 0.335 e. The van der Waals surface area contributed by atoms with E-state index in [2.05, 4.69) is 29.8 Å². The number of benzene rings is 2. The van der Waals surface area contributed by atoms with Crippen molar-refractivity contribution < 1.29 is 9.90 Å². The average Bonchev–Trinajstić information content (AvgIpc) is 2.77. The van der Waals surface area contributed by atoms with Crippen LogP contribution in [0.25, 0.3) is 10.9 Å². The van der Waals surface area contributed by atoms with Gasteiger partial charge in [-0.2, -0.15) is 0 Å². The topological polar surface area (TPSA) is 42.2 Å². The maximum Gasteiger partial charge on any atom is 0.335 e. The Bertz CT molecular complexity index is 769. The number of rotatable bonds is 3. The van der Waals surface area contributed by atoms with Crippen molar-refractivity contribution in [1.82, 2.24) is 4.57 Å². The number of hydrogen-bond donors (Lipinski definition) is 1. The van der Waals surface area contributed by atoms with Crippen LogP contribution >= 0.6 is 0 Å². The summed E-state index contributed by atoms with van der Waals surface area (Å²) in [4.78, 5) is 10.8. The van der Waals surface area contributed by atoms with Gasteiger partial charge in [0.1, 0.15) is 0 Å². The van der Waals surface area contributed by atoms with Gasteiger partial charge >= 0.3 is 5.97 Å². The second kappa shape index (κ2) is 4.85. The summed E-state index contributed by atoms with van der Waals surface area (Å²) in [5.41, 5.74) is 3.87. The largest absolute Gasteiger partial charge is 0.478 e. The van der Waals surface area contributed by atoms with Crippen LogP contribution in [-0.2, 0) is 6.54 Å². The number of fused-ring (bicyclic) bond motifs is 1. The van der Waals surface area contributed by atoms with Gasteiger partial charge in [0, 0.05) is 23.6 Å². The van der Waals surface area contributed by atoms with Crippen molar-refractivity contribution >= 4 is 16.9 Å². The molecule has 2 aromatic carbocycles. The summed E-state index contributed by atoms with van der Waals surface area (Å²) in [7, 11) is 0. The SMILES string of the molecule is Cc1cn(Cc2ccc(C(=O)O)cc2)c2ccccc12. The molecule has 0 saturated carbocycles. The summed E-state index contributed by atoms with van der Waals surface area (Å²) in [5.74, 6) is -0.890. The number of carboxylic acid groups (broad SMARTS) is 1. The van der Waals surface area contributed by atoms with E-state index in [0.717, 1.165) is 12.1 Å². The fourth-order valence-corrected chi connectivity index (χ4v) is 2.51. The maximum absolute atomic E-state index is 10.8. The number of aryl methyl sites for hydroxylation is 1. The van der Waals surface area contributed by atoms with Gasteiger partial charge in [0.15, 0.2) is 0 Å². The Morgan fingerprint density at radius 1 is 1.10 bits per heavy atom. The Kier molecular flexibility index (Phi) is 3.03. The van der Waals surface area contributed by atoms with Crippen molar-refractivity contribution in [3.05, 3.63) is 71.4 Å². The summed E-state index contributed by atoms with van der Waals surface area (Å²) < 4.78 is 2.19. The van der Waals surface area contributed by atoms with Crippen LogP contribution in [0.5, 0.6) is 0 Å². The molecule has 0 spiro atoms. The van der Waals surface area contributed by atoms with E-state index in [0.29, 0.717) is 5.56 Å². The van der Waals surface area contributed by atoms with Crippen LogP contribution in [0, 0.1) is 6.92 Å². The van der Waals surface area contributed by atoms with E-state index < -0.39 is 5.97 Å². The van der Waals surface area contributed by atoms with Crippen molar-refractivity contribution in [2.24, 2.45) is 0 Å². The quantitative estimate of drug-likeness (QED) is 0.784. The predicted molar refractivity (Wildman–Crippen MR) is 79.2 cm³/mol. The van der Waals surface area contributed by atoms with Crippen LogP contribution in [0.4, 0.5) is 0 Å². The van der Waals surface area contributed by atoms with Crippen LogP contribution in [-0.4, -0.2) is 15.6 Å². The van der Waals surface area contributed by atoms with Gasteiger partial charge in [-0.25, -0.2) is 4.79 Å². The molecule has 3 rings (SSSR count). The van der Waals surface area contributed by atoms with Gasteiger partial charge in [0.2, 0.25) is 0 Å². The van der Waals surface area contributed by atoms with Crippen molar-refractivity contribution in [3.8, 4) is 0 Å². The van der Waals surface area contributed by atoms with Gasteiger partial charge in [-0.1, -0.05) is 30.3 Å². The van der Waals surface area contributed by atoms with Crippen LogP contribution in [0.3, 0.4) is 0 Å². The Labute approximate surface area is 117 Å². The highest BCUT2D eigenvalue weighted by Gasteiger charge is 2.06. The minimum atomic E-state index is -0.890. The van der Waals surface area contributed by atoms with E-state index in [9.17, 15) is 4.79 Å². The number of nitrogens with zero attached hydrogens (tertiary/aromatic N) is 1. The standard InChI is InChI=1S/C17H15NO2/c1-12-10-18(16-5-3-2-4-15(12)16)11-13-6-8-14(9-7-13)17(19)20/h2-10H,11H2,1H3,(H,19,20). The molecule has 0 atom stereocenters. The lowest BCUT2D eigenvalue weighted by atomic mass is 10.1. The molecular formula is C17H15NO2. The summed E-state index contributed by atoms with van der Waals surface area (Å²) in [5, 5.41) is 10.2. The summed E-state index contributed by atoms with van der Waals surface area (Å²) in [6, 6.07) is 15.3. The molecule has 3 heteroatoms. The minimum absolute atomic E-state index is 0.322. The lowest BCUT2D eigenvalue weighted by molar-refractivity contribution is 0.0697. The number of hydrogen-bond acceptors (Lipinski definition) is 1. The Hall–Kier alpha value is -2.55. The predicted octanol–water partition coefficient (Wildman–Crippen LogP) is 3.70. The molecule has 0 unspecified atom stereocenters. The van der Waals surface area contributed by atoms with Crippen LogP contribution < -0.4 is 0 Å². The molecule has 0 aliphatic rings. The van der Waals surface area contributed by atoms with E-state index >= 15 is 0 Å². The highest BCUT2D eigenvalue weighted by atomic mass is 16.4. The van der Waals surface area contributed by atoms with E-state index in [-0.39, 0.29) is 0 Å². The first-order valence-electron chi connectivity index (χ1n) is 6.52. The fourth-order valence-electron chi connectivity index (χ4n) is 2.51. The highest BCUT2D eigenvalue weighted by Crippen LogP contribution is 2.21. The van der Waals surface area contributed by atoms with E-state index in [4.69, 9.17) is 5.11 Å². The lowest BCUT2D eigenvalue weighted by Gasteiger charge is -2.06. The fraction of sp³-hybridized carbons (Fsp3) is 0.118. The minimum Gasteiger partial charge on any atom is -0.478 e. The normalized spacial score (nSPS) is 10.8. The van der Waals surface area contributed by atoms with Gasteiger partial charge in [-0.15, -0.1) is 0 Å². The number of carboxylic acids is 1. The Morgan fingerprint density at radius 2 is 1.80 bits per heavy atom. The molecule has 20 heavy (non-hydrogen) atoms. The molecule has 0 aliphatic carbocycles. The molecule has 1 N–H and O–H groups in total. The molecule has 0 fully saturated rings. The molecular weight excluding hydrogens is 250 g/mol. The number of aromatic nitrogens is 1. The molecule has 0 amide bonds. The molecule has 3 aromatic rings. The van der Waals surface area contributed by atoms with Gasteiger partial charge < -0.3 is 9.67 Å². The molecule has 0 saturated heterocycles. The van der Waals surface area contributed by atoms with Crippen molar-refractivity contribution in [2.45, 2.75) is 13.5 Å². The third-order valence-corrected chi connectivity index (χ3v) is 3.54. The zero-order valence-electron chi connectivity index (χ0n) is 11.2. The number of carbonyl (C=O) groups is 1. The second-order valence-electron chi connectivity index (χ2n) is 4.96. The summed E-state index contributed by atoms with van der Waals surface area (Å²) in [6.07, 6.45) is 2.13. The summed E-state index contributed by atoms with van der Waals surface area (Å²) >= 11 is 0. The first-order valence-corrected chi connectivity index (χ1v) is 6.52. The molecule has 0 aliphatic heterocycles. The molecule has 3 nitrogen and oxygen atoms in total. The van der Waals surface area contributed by atoms with Crippen molar-refractivity contribution in [2.75, 3.05) is 0 Å². The molecule has 0 radical (unpaired) electrons. The molecule has 1 heterocycles. The molecule has 100 valence electrons. The van der Waals surface area contributed by atoms with Gasteiger partial charge in [0.25, 0.3) is 0 Å². The number of aromatic carboxylic acids is 1. The number of para-hydroxylation sites is 1. The van der Waals surface area contributed by atoms with Crippen LogP contribution in [0.2, 0.25) is 0 Å². The van der Waals surface area contributed by atoms with Gasteiger partial charge in [0.05, 0.1) is 5.56 Å².